The average molecular weight is 354 g/mol. The summed E-state index contributed by atoms with van der Waals surface area (Å²) in [6.07, 6.45) is -0.00448. The first-order valence-corrected chi connectivity index (χ1v) is 7.70. The van der Waals surface area contributed by atoms with Gasteiger partial charge in [0.05, 0.1) is 5.92 Å². The Balaban J connectivity index is 1.69. The number of carboxylic acids is 2. The Morgan fingerprint density at radius 2 is 1.83 bits per heavy atom. The fourth-order valence-corrected chi connectivity index (χ4v) is 3.83. The lowest BCUT2D eigenvalue weighted by Gasteiger charge is -2.25. The number of hydrogen-bond donors (Lipinski definition) is 5. The number of fused-ring (bicyclic) bond motifs is 1. The maximum absolute atomic E-state index is 12.1. The van der Waals surface area contributed by atoms with Gasteiger partial charge in [-0.3, -0.25) is 9.59 Å². The second-order valence-corrected chi connectivity index (χ2v) is 6.67. The van der Waals surface area contributed by atoms with Crippen LogP contribution in [-0.2, 0) is 9.59 Å². The third-order valence-electron chi connectivity index (χ3n) is 4.79. The summed E-state index contributed by atoms with van der Waals surface area (Å²) in [6, 6.07) is 5.29. The molecule has 0 spiro atoms. The number of anilines is 1. The van der Waals surface area contributed by atoms with Crippen molar-refractivity contribution in [3.05, 3.63) is 29.3 Å². The predicted octanol–water partition coefficient (Wildman–Crippen LogP) is 0.963. The van der Waals surface area contributed by atoms with Crippen molar-refractivity contribution in [2.75, 3.05) is 5.32 Å². The first-order valence-electron chi connectivity index (χ1n) is 7.32. The molecule has 5 unspecified atom stereocenters. The molecule has 2 aliphatic rings. The number of carbonyl (C=O) groups is 3. The summed E-state index contributed by atoms with van der Waals surface area (Å²) in [4.78, 5) is 34.8. The summed E-state index contributed by atoms with van der Waals surface area (Å²) in [6.45, 7) is 0. The highest BCUT2D eigenvalue weighted by atomic mass is 35.5. The van der Waals surface area contributed by atoms with Crippen LogP contribution in [0.2, 0.25) is 5.02 Å². The van der Waals surface area contributed by atoms with E-state index in [2.05, 4.69) is 10.6 Å². The first-order chi connectivity index (χ1) is 11.2. The van der Waals surface area contributed by atoms with E-state index < -0.39 is 47.3 Å². The van der Waals surface area contributed by atoms with Crippen molar-refractivity contribution in [1.29, 1.82) is 0 Å². The van der Waals surface area contributed by atoms with Gasteiger partial charge >= 0.3 is 18.0 Å². The molecule has 1 aromatic carbocycles. The van der Waals surface area contributed by atoms with Crippen LogP contribution < -0.4 is 16.4 Å². The standard InChI is InChI=1S/C15H16ClN3O5/c16-6-1-3-7(4-2-6)18-14(24)19-8-5-15(17,13(22)23)11-9(8)10(11)12(20)21/h1-4,8-11H,5,17H2,(H,20,21)(H,22,23)(H2,18,19,24). The zero-order valence-electron chi connectivity index (χ0n) is 12.4. The van der Waals surface area contributed by atoms with E-state index in [1.165, 1.54) is 0 Å². The lowest BCUT2D eigenvalue weighted by Crippen LogP contribution is -2.52. The normalized spacial score (nSPS) is 33.4. The summed E-state index contributed by atoms with van der Waals surface area (Å²) in [5.74, 6) is -4.33. The van der Waals surface area contributed by atoms with Crippen LogP contribution in [0.1, 0.15) is 6.42 Å². The van der Waals surface area contributed by atoms with Crippen LogP contribution in [0.25, 0.3) is 0 Å². The molecule has 2 amide bonds. The lowest BCUT2D eigenvalue weighted by molar-refractivity contribution is -0.145. The maximum Gasteiger partial charge on any atom is 0.324 e. The number of rotatable bonds is 4. The minimum Gasteiger partial charge on any atom is -0.481 e. The van der Waals surface area contributed by atoms with Crippen LogP contribution in [0.5, 0.6) is 0 Å². The zero-order chi connectivity index (χ0) is 17.6. The van der Waals surface area contributed by atoms with Crippen LogP contribution in [0.15, 0.2) is 24.3 Å². The Hall–Kier alpha value is -2.32. The minimum atomic E-state index is -1.63. The lowest BCUT2D eigenvalue weighted by atomic mass is 9.90. The Morgan fingerprint density at radius 1 is 1.21 bits per heavy atom. The highest BCUT2D eigenvalue weighted by Gasteiger charge is 2.74. The van der Waals surface area contributed by atoms with Crippen molar-refractivity contribution >= 4 is 35.3 Å². The summed E-state index contributed by atoms with van der Waals surface area (Å²) in [5.41, 5.74) is 4.78. The van der Waals surface area contributed by atoms with E-state index in [1.807, 2.05) is 0 Å². The largest absolute Gasteiger partial charge is 0.481 e. The van der Waals surface area contributed by atoms with Gasteiger partial charge in [0.2, 0.25) is 0 Å². The molecule has 0 saturated heterocycles. The maximum atomic E-state index is 12.1. The summed E-state index contributed by atoms with van der Waals surface area (Å²) in [5, 5.41) is 24.3. The number of amides is 2. The van der Waals surface area contributed by atoms with Gasteiger partial charge in [-0.1, -0.05) is 11.6 Å². The Morgan fingerprint density at radius 3 is 2.38 bits per heavy atom. The van der Waals surface area contributed by atoms with Crippen molar-refractivity contribution < 1.29 is 24.6 Å². The highest BCUT2D eigenvalue weighted by molar-refractivity contribution is 6.30. The average Bonchev–Trinajstić information content (AvgIpc) is 3.18. The van der Waals surface area contributed by atoms with Crippen LogP contribution >= 0.6 is 11.6 Å². The summed E-state index contributed by atoms with van der Waals surface area (Å²) >= 11 is 5.76. The molecule has 0 bridgehead atoms. The van der Waals surface area contributed by atoms with Gasteiger partial charge < -0.3 is 26.6 Å². The first kappa shape index (κ1) is 16.5. The third kappa shape index (κ3) is 2.67. The second-order valence-electron chi connectivity index (χ2n) is 6.23. The van der Waals surface area contributed by atoms with Gasteiger partial charge in [-0.15, -0.1) is 0 Å². The molecule has 6 N–H and O–H groups in total. The number of urea groups is 1. The van der Waals surface area contributed by atoms with Gasteiger partial charge in [-0.25, -0.2) is 4.79 Å². The van der Waals surface area contributed by atoms with Crippen molar-refractivity contribution in [3.63, 3.8) is 0 Å². The molecule has 24 heavy (non-hydrogen) atoms. The zero-order valence-corrected chi connectivity index (χ0v) is 13.2. The molecule has 0 aromatic heterocycles. The molecule has 0 heterocycles. The van der Waals surface area contributed by atoms with Gasteiger partial charge in [0, 0.05) is 22.7 Å². The van der Waals surface area contributed by atoms with Gasteiger partial charge in [0.25, 0.3) is 0 Å². The van der Waals surface area contributed by atoms with Crippen molar-refractivity contribution in [3.8, 4) is 0 Å². The van der Waals surface area contributed by atoms with E-state index in [-0.39, 0.29) is 6.42 Å². The van der Waals surface area contributed by atoms with Crippen LogP contribution in [-0.4, -0.2) is 39.8 Å². The number of aliphatic carboxylic acids is 2. The van der Waals surface area contributed by atoms with Gasteiger partial charge in [-0.05, 0) is 36.6 Å². The molecule has 0 radical (unpaired) electrons. The fraction of sp³-hybridized carbons (Fsp3) is 0.400. The van der Waals surface area contributed by atoms with Crippen LogP contribution in [0.3, 0.4) is 0 Å². The molecule has 1 aromatic rings. The highest BCUT2D eigenvalue weighted by Crippen LogP contribution is 2.61. The molecule has 2 fully saturated rings. The number of nitrogens with one attached hydrogen (secondary N) is 2. The van der Waals surface area contributed by atoms with E-state index in [9.17, 15) is 24.6 Å². The molecular weight excluding hydrogens is 338 g/mol. The van der Waals surface area contributed by atoms with Gasteiger partial charge in [0.1, 0.15) is 5.54 Å². The van der Waals surface area contributed by atoms with E-state index in [0.29, 0.717) is 10.7 Å². The summed E-state index contributed by atoms with van der Waals surface area (Å²) < 4.78 is 0. The van der Waals surface area contributed by atoms with E-state index in [1.54, 1.807) is 24.3 Å². The molecular formula is C15H16ClN3O5. The third-order valence-corrected chi connectivity index (χ3v) is 5.05. The SMILES string of the molecule is NC1(C(=O)O)CC(NC(=O)Nc2ccc(Cl)cc2)C2C(C(=O)O)C21. The van der Waals surface area contributed by atoms with Crippen LogP contribution in [0, 0.1) is 17.8 Å². The number of nitrogens with two attached hydrogens (primary N) is 1. The second kappa shape index (κ2) is 5.64. The predicted molar refractivity (Wildman–Crippen MR) is 84.7 cm³/mol. The van der Waals surface area contributed by atoms with E-state index >= 15 is 0 Å². The Kier molecular flexibility index (Phi) is 3.89. The molecule has 9 heteroatoms. The molecule has 2 saturated carbocycles. The van der Waals surface area contributed by atoms with Crippen molar-refractivity contribution in [1.82, 2.24) is 5.32 Å². The Labute approximate surface area is 142 Å². The van der Waals surface area contributed by atoms with E-state index in [4.69, 9.17) is 17.3 Å². The molecule has 2 aliphatic carbocycles. The number of benzene rings is 1. The smallest absolute Gasteiger partial charge is 0.324 e. The van der Waals surface area contributed by atoms with Crippen molar-refractivity contribution in [2.45, 2.75) is 18.0 Å². The topological polar surface area (TPSA) is 142 Å². The number of hydrogen-bond acceptors (Lipinski definition) is 4. The Bertz CT molecular complexity index is 710. The molecule has 3 rings (SSSR count). The van der Waals surface area contributed by atoms with E-state index in [0.717, 1.165) is 0 Å². The quantitative estimate of drug-likeness (QED) is 0.546. The number of halogens is 1. The fourth-order valence-electron chi connectivity index (χ4n) is 3.70. The van der Waals surface area contributed by atoms with Gasteiger partial charge in [0.15, 0.2) is 0 Å². The molecule has 0 aliphatic heterocycles. The minimum absolute atomic E-state index is 0.00448. The van der Waals surface area contributed by atoms with Crippen molar-refractivity contribution in [2.24, 2.45) is 23.5 Å². The molecule has 8 nitrogen and oxygen atoms in total. The molecule has 5 atom stereocenters. The monoisotopic (exact) mass is 353 g/mol. The molecule has 128 valence electrons. The van der Waals surface area contributed by atoms with Gasteiger partial charge in [-0.2, -0.15) is 0 Å². The number of carbonyl (C=O) groups excluding carboxylic acids is 1. The summed E-state index contributed by atoms with van der Waals surface area (Å²) in [7, 11) is 0. The number of carboxylic acid groups (broad SMARTS) is 2. The van der Waals surface area contributed by atoms with Crippen LogP contribution in [0.4, 0.5) is 10.5 Å².